The topological polar surface area (TPSA) is 66.5 Å². The van der Waals surface area contributed by atoms with Gasteiger partial charge in [0.15, 0.2) is 0 Å². The van der Waals surface area contributed by atoms with Gasteiger partial charge in [-0.3, -0.25) is 15.0 Å². The summed E-state index contributed by atoms with van der Waals surface area (Å²) in [7, 11) is 1.67. The van der Waals surface area contributed by atoms with Gasteiger partial charge in [0, 0.05) is 44.1 Å². The quantitative estimate of drug-likeness (QED) is 0.743. The Morgan fingerprint density at radius 2 is 1.30 bits per heavy atom. The zero-order chi connectivity index (χ0) is 21.0. The molecule has 0 atom stereocenters. The van der Waals surface area contributed by atoms with Crippen LogP contribution in [0.1, 0.15) is 30.4 Å². The Labute approximate surface area is 177 Å². The standard InChI is InChI=1S/C11H11NO.C10H9NO.C4H5N/c1-13-10-6-4-9(5-7-10)11-3-2-8-12-11;12-9-5-3-8(4-6-9)10-2-1-7-11-10;1-2-4-5-3-1/h2,4-8H,3H2,1H3;1,3-7,12H,2H2;1,3-4H,2H2. The van der Waals surface area contributed by atoms with Gasteiger partial charge >= 0.3 is 0 Å². The maximum absolute atomic E-state index is 9.04. The third-order valence-electron chi connectivity index (χ3n) is 4.46. The van der Waals surface area contributed by atoms with Gasteiger partial charge in [-0.15, -0.1) is 0 Å². The second kappa shape index (κ2) is 11.3. The summed E-state index contributed by atoms with van der Waals surface area (Å²) < 4.78 is 5.08. The molecule has 1 N–H and O–H groups in total. The summed E-state index contributed by atoms with van der Waals surface area (Å²) in [6.45, 7) is 0. The van der Waals surface area contributed by atoms with Gasteiger partial charge in [0.05, 0.1) is 18.5 Å². The van der Waals surface area contributed by atoms with Crippen molar-refractivity contribution < 1.29 is 9.84 Å². The van der Waals surface area contributed by atoms with Crippen LogP contribution < -0.4 is 4.74 Å². The second-order valence-corrected chi connectivity index (χ2v) is 6.56. The molecule has 0 saturated carbocycles. The van der Waals surface area contributed by atoms with E-state index in [2.05, 4.69) is 21.1 Å². The highest BCUT2D eigenvalue weighted by Gasteiger charge is 2.04. The molecule has 0 aromatic heterocycles. The van der Waals surface area contributed by atoms with Crippen molar-refractivity contribution in [3.63, 3.8) is 0 Å². The molecular formula is C25H25N3O2. The molecule has 0 bridgehead atoms. The number of ether oxygens (including phenoxy) is 1. The number of phenolic OH excluding ortho intramolecular Hbond substituents is 1. The van der Waals surface area contributed by atoms with E-state index in [1.165, 1.54) is 5.56 Å². The van der Waals surface area contributed by atoms with E-state index in [9.17, 15) is 0 Å². The summed E-state index contributed by atoms with van der Waals surface area (Å²) in [6, 6.07) is 15.1. The number of methoxy groups -OCH3 is 1. The molecule has 3 aliphatic heterocycles. The predicted octanol–water partition coefficient (Wildman–Crippen LogP) is 5.48. The number of hydrogen-bond acceptors (Lipinski definition) is 5. The third kappa shape index (κ3) is 6.41. The van der Waals surface area contributed by atoms with Gasteiger partial charge in [-0.1, -0.05) is 18.2 Å². The SMILES string of the molecule is C1=CN=CC1.COc1ccc(C2=NC=CC2)cc1.Oc1ccc(C2=NC=CC2)cc1. The fraction of sp³-hybridized carbons (Fsp3) is 0.160. The molecule has 0 saturated heterocycles. The molecule has 2 aromatic rings. The maximum Gasteiger partial charge on any atom is 0.118 e. The van der Waals surface area contributed by atoms with E-state index in [0.29, 0.717) is 5.75 Å². The fourth-order valence-corrected chi connectivity index (χ4v) is 2.85. The molecule has 0 unspecified atom stereocenters. The molecule has 30 heavy (non-hydrogen) atoms. The summed E-state index contributed by atoms with van der Waals surface area (Å²) in [5, 5.41) is 9.04. The van der Waals surface area contributed by atoms with E-state index >= 15 is 0 Å². The Morgan fingerprint density at radius 3 is 1.67 bits per heavy atom. The van der Waals surface area contributed by atoms with E-state index in [-0.39, 0.29) is 0 Å². The van der Waals surface area contributed by atoms with Crippen molar-refractivity contribution in [2.45, 2.75) is 19.3 Å². The molecule has 0 spiro atoms. The number of nitrogens with zero attached hydrogens (tertiary/aromatic N) is 3. The van der Waals surface area contributed by atoms with Crippen LogP contribution in [0.15, 0.2) is 100 Å². The lowest BCUT2D eigenvalue weighted by molar-refractivity contribution is 0.415. The number of phenols is 1. The molecule has 5 rings (SSSR count). The minimum atomic E-state index is 0.297. The van der Waals surface area contributed by atoms with Crippen LogP contribution in [0.5, 0.6) is 11.5 Å². The van der Waals surface area contributed by atoms with Gasteiger partial charge in [0.2, 0.25) is 0 Å². The van der Waals surface area contributed by atoms with Gasteiger partial charge < -0.3 is 9.84 Å². The summed E-state index contributed by atoms with van der Waals surface area (Å²) in [5.74, 6) is 1.18. The van der Waals surface area contributed by atoms with Crippen LogP contribution in [0, 0.1) is 0 Å². The Bertz CT molecular complexity index is 986. The van der Waals surface area contributed by atoms with Gasteiger partial charge in [-0.05, 0) is 59.7 Å². The molecule has 5 nitrogen and oxygen atoms in total. The zero-order valence-corrected chi connectivity index (χ0v) is 17.0. The Kier molecular flexibility index (Phi) is 7.92. The predicted molar refractivity (Wildman–Crippen MR) is 124 cm³/mol. The molecule has 152 valence electrons. The van der Waals surface area contributed by atoms with Crippen molar-refractivity contribution >= 4 is 17.6 Å². The maximum atomic E-state index is 9.04. The van der Waals surface area contributed by atoms with Gasteiger partial charge in [0.25, 0.3) is 0 Å². The number of allylic oxidation sites excluding steroid dienone is 3. The van der Waals surface area contributed by atoms with Gasteiger partial charge in [-0.2, -0.15) is 0 Å². The monoisotopic (exact) mass is 399 g/mol. The highest BCUT2D eigenvalue weighted by atomic mass is 16.5. The van der Waals surface area contributed by atoms with E-state index in [0.717, 1.165) is 42.0 Å². The van der Waals surface area contributed by atoms with Crippen LogP contribution >= 0.6 is 0 Å². The summed E-state index contributed by atoms with van der Waals surface area (Å²) in [4.78, 5) is 12.2. The van der Waals surface area contributed by atoms with Crippen molar-refractivity contribution in [1.29, 1.82) is 0 Å². The van der Waals surface area contributed by atoms with Gasteiger partial charge in [0.1, 0.15) is 11.5 Å². The van der Waals surface area contributed by atoms with Crippen LogP contribution in [0.25, 0.3) is 0 Å². The fourth-order valence-electron chi connectivity index (χ4n) is 2.85. The van der Waals surface area contributed by atoms with E-state index in [4.69, 9.17) is 9.84 Å². The van der Waals surface area contributed by atoms with Crippen molar-refractivity contribution in [2.24, 2.45) is 15.0 Å². The molecule has 2 aromatic carbocycles. The van der Waals surface area contributed by atoms with E-state index in [1.54, 1.807) is 25.4 Å². The first kappa shape index (κ1) is 21.0. The average molecular weight is 399 g/mol. The summed E-state index contributed by atoms with van der Waals surface area (Å²) in [5.41, 5.74) is 4.45. The van der Waals surface area contributed by atoms with Crippen LogP contribution in [0.4, 0.5) is 0 Å². The lowest BCUT2D eigenvalue weighted by Gasteiger charge is -2.02. The second-order valence-electron chi connectivity index (χ2n) is 6.56. The third-order valence-corrected chi connectivity index (χ3v) is 4.46. The highest BCUT2D eigenvalue weighted by Crippen LogP contribution is 2.16. The van der Waals surface area contributed by atoms with Crippen LogP contribution in [-0.2, 0) is 0 Å². The zero-order valence-electron chi connectivity index (χ0n) is 17.0. The van der Waals surface area contributed by atoms with E-state index < -0.39 is 0 Å². The molecule has 0 radical (unpaired) electrons. The first-order chi connectivity index (χ1) is 14.8. The largest absolute Gasteiger partial charge is 0.508 e. The highest BCUT2D eigenvalue weighted by molar-refractivity contribution is 6.03. The molecule has 0 fully saturated rings. The van der Waals surface area contributed by atoms with Crippen molar-refractivity contribution in [3.8, 4) is 11.5 Å². The van der Waals surface area contributed by atoms with E-state index in [1.807, 2.05) is 67.2 Å². The number of aromatic hydroxyl groups is 1. The van der Waals surface area contributed by atoms with Crippen molar-refractivity contribution in [3.05, 3.63) is 96.5 Å². The summed E-state index contributed by atoms with van der Waals surface area (Å²) in [6.07, 6.45) is 16.3. The molecule has 3 heterocycles. The molecular weight excluding hydrogens is 374 g/mol. The number of rotatable bonds is 3. The molecule has 3 aliphatic rings. The number of hydrogen-bond donors (Lipinski definition) is 1. The first-order valence-electron chi connectivity index (χ1n) is 9.80. The van der Waals surface area contributed by atoms with Crippen molar-refractivity contribution in [1.82, 2.24) is 0 Å². The van der Waals surface area contributed by atoms with Crippen molar-refractivity contribution in [2.75, 3.05) is 7.11 Å². The normalized spacial score (nSPS) is 15.1. The minimum absolute atomic E-state index is 0.297. The lowest BCUT2D eigenvalue weighted by atomic mass is 10.1. The first-order valence-corrected chi connectivity index (χ1v) is 9.80. The van der Waals surface area contributed by atoms with Crippen LogP contribution in [0.2, 0.25) is 0 Å². The van der Waals surface area contributed by atoms with Crippen LogP contribution in [0.3, 0.4) is 0 Å². The number of aliphatic imine (C=N–C) groups is 3. The smallest absolute Gasteiger partial charge is 0.118 e. The van der Waals surface area contributed by atoms with Gasteiger partial charge in [-0.25, -0.2) is 0 Å². The number of benzene rings is 2. The molecule has 5 heteroatoms. The molecule has 0 aliphatic carbocycles. The Hall–Kier alpha value is -3.73. The average Bonchev–Trinajstić information content (AvgIpc) is 3.59. The Balaban J connectivity index is 0.000000140. The Morgan fingerprint density at radius 1 is 0.733 bits per heavy atom. The lowest BCUT2D eigenvalue weighted by Crippen LogP contribution is -1.95. The summed E-state index contributed by atoms with van der Waals surface area (Å²) >= 11 is 0. The van der Waals surface area contributed by atoms with Crippen LogP contribution in [-0.4, -0.2) is 29.9 Å². The molecule has 0 amide bonds. The minimum Gasteiger partial charge on any atom is -0.508 e.